The van der Waals surface area contributed by atoms with Gasteiger partial charge in [0.05, 0.1) is 6.10 Å². The smallest absolute Gasteiger partial charge is 0.119 e. The third-order valence-corrected chi connectivity index (χ3v) is 6.47. The molecular formula is C24H41N3O2. The number of piperidine rings is 1. The van der Waals surface area contributed by atoms with Gasteiger partial charge in [-0.1, -0.05) is 12.1 Å². The highest BCUT2D eigenvalue weighted by Crippen LogP contribution is 2.25. The highest BCUT2D eigenvalue weighted by Gasteiger charge is 2.33. The van der Waals surface area contributed by atoms with E-state index >= 15 is 0 Å². The number of piperazine rings is 1. The molecule has 164 valence electrons. The number of hydrogen-bond donors (Lipinski definition) is 1. The van der Waals surface area contributed by atoms with Crippen molar-refractivity contribution in [2.45, 2.75) is 77.7 Å². The summed E-state index contributed by atoms with van der Waals surface area (Å²) >= 11 is 0. The maximum Gasteiger partial charge on any atom is 0.119 e. The molecule has 5 heteroatoms. The van der Waals surface area contributed by atoms with Crippen LogP contribution < -0.4 is 4.74 Å². The Morgan fingerprint density at radius 1 is 1.00 bits per heavy atom. The van der Waals surface area contributed by atoms with Crippen LogP contribution in [0.5, 0.6) is 5.75 Å². The van der Waals surface area contributed by atoms with E-state index < -0.39 is 0 Å². The van der Waals surface area contributed by atoms with Gasteiger partial charge in [0.1, 0.15) is 5.75 Å². The average Bonchev–Trinajstić information content (AvgIpc) is 2.70. The van der Waals surface area contributed by atoms with Gasteiger partial charge in [-0.05, 0) is 77.7 Å². The van der Waals surface area contributed by atoms with Crippen molar-refractivity contribution in [1.82, 2.24) is 14.7 Å². The summed E-state index contributed by atoms with van der Waals surface area (Å²) in [5.41, 5.74) is 1.34. The van der Waals surface area contributed by atoms with Crippen molar-refractivity contribution >= 4 is 0 Å². The number of rotatable bonds is 8. The van der Waals surface area contributed by atoms with Crippen molar-refractivity contribution in [2.75, 3.05) is 39.3 Å². The second kappa shape index (κ2) is 10.8. The summed E-state index contributed by atoms with van der Waals surface area (Å²) in [6.07, 6.45) is 3.61. The number of ether oxygens (including phenoxy) is 1. The zero-order valence-electron chi connectivity index (χ0n) is 18.9. The zero-order valence-corrected chi connectivity index (χ0v) is 18.9. The van der Waals surface area contributed by atoms with Crippen molar-refractivity contribution in [1.29, 1.82) is 0 Å². The van der Waals surface area contributed by atoms with Crippen molar-refractivity contribution in [3.63, 3.8) is 0 Å². The molecular weight excluding hydrogens is 362 g/mol. The van der Waals surface area contributed by atoms with Gasteiger partial charge in [-0.25, -0.2) is 0 Å². The lowest BCUT2D eigenvalue weighted by atomic mass is 9.97. The van der Waals surface area contributed by atoms with Gasteiger partial charge >= 0.3 is 0 Å². The number of likely N-dealkylation sites (tertiary alicyclic amines) is 1. The summed E-state index contributed by atoms with van der Waals surface area (Å²) in [7, 11) is 0. The van der Waals surface area contributed by atoms with Gasteiger partial charge < -0.3 is 14.7 Å². The molecule has 0 spiro atoms. The minimum atomic E-state index is 0.209. The molecule has 0 amide bonds. The van der Waals surface area contributed by atoms with Crippen molar-refractivity contribution in [2.24, 2.45) is 0 Å². The molecule has 2 saturated heterocycles. The fourth-order valence-corrected chi connectivity index (χ4v) is 4.90. The first-order valence-corrected chi connectivity index (χ1v) is 11.5. The number of aliphatic hydroxyl groups excluding tert-OH is 1. The van der Waals surface area contributed by atoms with E-state index in [1.54, 1.807) is 0 Å². The summed E-state index contributed by atoms with van der Waals surface area (Å²) in [6.45, 7) is 15.7. The fourth-order valence-electron chi connectivity index (χ4n) is 4.90. The molecule has 1 aromatic rings. The number of benzene rings is 1. The lowest BCUT2D eigenvalue weighted by Gasteiger charge is -2.48. The highest BCUT2D eigenvalue weighted by atomic mass is 16.5. The van der Waals surface area contributed by atoms with Gasteiger partial charge in [0, 0.05) is 50.9 Å². The molecule has 3 rings (SSSR count). The second-order valence-electron chi connectivity index (χ2n) is 9.31. The molecule has 2 fully saturated rings. The summed E-state index contributed by atoms with van der Waals surface area (Å²) in [6, 6.07) is 10.3. The first kappa shape index (κ1) is 22.5. The van der Waals surface area contributed by atoms with Crippen LogP contribution in [0.3, 0.4) is 0 Å². The van der Waals surface area contributed by atoms with Crippen LogP contribution in [-0.4, -0.2) is 83.4 Å². The van der Waals surface area contributed by atoms with Crippen LogP contribution in [0.4, 0.5) is 0 Å². The molecule has 5 nitrogen and oxygen atoms in total. The van der Waals surface area contributed by atoms with E-state index in [2.05, 4.69) is 66.7 Å². The van der Waals surface area contributed by atoms with E-state index in [4.69, 9.17) is 4.74 Å². The average molecular weight is 404 g/mol. The van der Waals surface area contributed by atoms with Crippen LogP contribution >= 0.6 is 0 Å². The molecule has 1 aromatic carbocycles. The Bertz CT molecular complexity index is 597. The lowest BCUT2D eigenvalue weighted by molar-refractivity contribution is -0.0000353. The summed E-state index contributed by atoms with van der Waals surface area (Å²) in [4.78, 5) is 7.86. The van der Waals surface area contributed by atoms with E-state index in [0.29, 0.717) is 18.1 Å². The van der Waals surface area contributed by atoms with Gasteiger partial charge in [-0.15, -0.1) is 0 Å². The van der Waals surface area contributed by atoms with Crippen LogP contribution in [0, 0.1) is 0 Å². The number of aliphatic hydroxyl groups is 1. The van der Waals surface area contributed by atoms with Gasteiger partial charge in [-0.2, -0.15) is 0 Å². The Balaban J connectivity index is 1.54. The molecule has 0 radical (unpaired) electrons. The quantitative estimate of drug-likeness (QED) is 0.722. The van der Waals surface area contributed by atoms with Crippen molar-refractivity contribution in [3.05, 3.63) is 29.8 Å². The normalized spacial score (nSPS) is 23.2. The van der Waals surface area contributed by atoms with Gasteiger partial charge in [0.15, 0.2) is 0 Å². The third-order valence-electron chi connectivity index (χ3n) is 6.47. The molecule has 1 atom stereocenters. The second-order valence-corrected chi connectivity index (χ2v) is 9.31. The first-order chi connectivity index (χ1) is 14.0. The van der Waals surface area contributed by atoms with Crippen molar-refractivity contribution in [3.8, 4) is 5.75 Å². The highest BCUT2D eigenvalue weighted by molar-refractivity contribution is 5.27. The molecule has 2 aliphatic rings. The molecule has 2 aliphatic heterocycles. The van der Waals surface area contributed by atoms with Gasteiger partial charge in [-0.3, -0.25) is 9.80 Å². The molecule has 0 bridgehead atoms. The Labute approximate surface area is 177 Å². The van der Waals surface area contributed by atoms with Crippen LogP contribution in [0.25, 0.3) is 0 Å². The molecule has 0 aromatic heterocycles. The van der Waals surface area contributed by atoms with Crippen LogP contribution in [0.1, 0.15) is 52.5 Å². The largest absolute Gasteiger partial charge is 0.491 e. The summed E-state index contributed by atoms with van der Waals surface area (Å²) < 4.78 is 5.76. The van der Waals surface area contributed by atoms with E-state index in [1.165, 1.54) is 31.5 Å². The molecule has 0 aliphatic carbocycles. The molecule has 1 N–H and O–H groups in total. The molecule has 0 unspecified atom stereocenters. The van der Waals surface area contributed by atoms with E-state index in [-0.39, 0.29) is 12.7 Å². The molecule has 29 heavy (non-hydrogen) atoms. The van der Waals surface area contributed by atoms with Crippen LogP contribution in [0.2, 0.25) is 0 Å². The predicted octanol–water partition coefficient (Wildman–Crippen LogP) is 3.22. The number of hydrogen-bond acceptors (Lipinski definition) is 5. The fraction of sp³-hybridized carbons (Fsp3) is 0.750. The Morgan fingerprint density at radius 3 is 2.28 bits per heavy atom. The maximum atomic E-state index is 9.66. The SMILES string of the molecule is CC(C)Oc1ccc(CN2CCN(C3CCN(C(C)C)CC3)[C@H](CCO)C2)cc1. The van der Waals surface area contributed by atoms with Gasteiger partial charge in [0.2, 0.25) is 0 Å². The first-order valence-electron chi connectivity index (χ1n) is 11.5. The van der Waals surface area contributed by atoms with Crippen molar-refractivity contribution < 1.29 is 9.84 Å². The lowest BCUT2D eigenvalue weighted by Crippen LogP contribution is -2.58. The van der Waals surface area contributed by atoms with Crippen LogP contribution in [0.15, 0.2) is 24.3 Å². The predicted molar refractivity (Wildman–Crippen MR) is 119 cm³/mol. The molecule has 0 saturated carbocycles. The Kier molecular flexibility index (Phi) is 8.36. The van der Waals surface area contributed by atoms with E-state index in [9.17, 15) is 5.11 Å². The van der Waals surface area contributed by atoms with Gasteiger partial charge in [0.25, 0.3) is 0 Å². The Morgan fingerprint density at radius 2 is 1.69 bits per heavy atom. The summed E-state index contributed by atoms with van der Waals surface area (Å²) in [5, 5.41) is 9.66. The zero-order chi connectivity index (χ0) is 20.8. The standard InChI is InChI=1S/C24H41N3O2/c1-19(2)26-12-9-22(10-13-26)27-15-14-25(18-23(27)11-16-28)17-21-5-7-24(8-6-21)29-20(3)4/h5-8,19-20,22-23,28H,9-18H2,1-4H3/t23-/m1/s1. The third kappa shape index (κ3) is 6.42. The van der Waals surface area contributed by atoms with E-state index in [1.807, 2.05) is 0 Å². The minimum absolute atomic E-state index is 0.209. The minimum Gasteiger partial charge on any atom is -0.491 e. The van der Waals surface area contributed by atoms with Crippen LogP contribution in [-0.2, 0) is 6.54 Å². The Hall–Kier alpha value is -1.14. The van der Waals surface area contributed by atoms with E-state index in [0.717, 1.165) is 38.3 Å². The number of nitrogens with zero attached hydrogens (tertiary/aromatic N) is 3. The maximum absolute atomic E-state index is 9.66. The molecule has 2 heterocycles. The summed E-state index contributed by atoms with van der Waals surface area (Å²) in [5.74, 6) is 0.944. The topological polar surface area (TPSA) is 39.2 Å². The monoisotopic (exact) mass is 403 g/mol.